The van der Waals surface area contributed by atoms with Crippen LogP contribution in [0.2, 0.25) is 0 Å². The second-order valence-electron chi connectivity index (χ2n) is 7.39. The van der Waals surface area contributed by atoms with Crippen LogP contribution in [0, 0.1) is 0 Å². The number of aromatic hydroxyl groups is 3. The fourth-order valence-corrected chi connectivity index (χ4v) is 5.05. The molecule has 0 radical (unpaired) electrons. The number of phenols is 3. The molecule has 9 nitrogen and oxygen atoms in total. The highest BCUT2D eigenvalue weighted by atomic mass is 32.4. The Balaban J connectivity index is 1.96. The van der Waals surface area contributed by atoms with Gasteiger partial charge in [-0.3, -0.25) is 0 Å². The Kier molecular flexibility index (Phi) is 8.46. The lowest BCUT2D eigenvalue weighted by Gasteiger charge is -2.39. The first-order valence-electron chi connectivity index (χ1n) is 10.5. The van der Waals surface area contributed by atoms with Crippen LogP contribution in [0.3, 0.4) is 0 Å². The molecule has 0 unspecified atom stereocenters. The van der Waals surface area contributed by atoms with Gasteiger partial charge in [0.05, 0.1) is 18.6 Å². The van der Waals surface area contributed by atoms with Gasteiger partial charge in [0.1, 0.15) is 17.2 Å². The molecule has 35 heavy (non-hydrogen) atoms. The number of nitrogens with zero attached hydrogens (tertiary/aromatic N) is 6. The van der Waals surface area contributed by atoms with E-state index in [9.17, 15) is 15.3 Å². The van der Waals surface area contributed by atoms with E-state index < -0.39 is 6.49 Å². The maximum absolute atomic E-state index is 10.1. The summed E-state index contributed by atoms with van der Waals surface area (Å²) in [6, 6.07) is 20.5. The average Bonchev–Trinajstić information content (AvgIpc) is 2.86. The lowest BCUT2D eigenvalue weighted by Crippen LogP contribution is -2.29. The molecule has 0 heterocycles. The summed E-state index contributed by atoms with van der Waals surface area (Å²) in [5.41, 5.74) is 1.59. The van der Waals surface area contributed by atoms with Crippen LogP contribution in [0.4, 0.5) is 0 Å². The normalized spacial score (nSPS) is 12.0. The topological polar surface area (TPSA) is 107 Å². The summed E-state index contributed by atoms with van der Waals surface area (Å²) in [5, 5.41) is 43.7. The van der Waals surface area contributed by atoms with Crippen LogP contribution in [-0.2, 0) is 11.8 Å². The SMILES string of the molecule is CN(/N=C/c1ccccc1O)P(=S)(N(C)/N=C/c1ccccc1O)N(C)/N=C/c1ccccc1O. The first-order chi connectivity index (χ1) is 16.7. The number of rotatable bonds is 9. The van der Waals surface area contributed by atoms with E-state index in [0.717, 1.165) is 0 Å². The number of para-hydroxylation sites is 3. The minimum Gasteiger partial charge on any atom is -0.507 e. The highest BCUT2D eigenvalue weighted by Crippen LogP contribution is 2.55. The maximum Gasteiger partial charge on any atom is 0.265 e. The van der Waals surface area contributed by atoms with Crippen molar-refractivity contribution in [2.45, 2.75) is 0 Å². The molecule has 3 aromatic rings. The van der Waals surface area contributed by atoms with Crippen LogP contribution in [-0.4, -0.2) is 69.4 Å². The van der Waals surface area contributed by atoms with Gasteiger partial charge < -0.3 is 15.3 Å². The number of benzene rings is 3. The van der Waals surface area contributed by atoms with Gasteiger partial charge in [-0.1, -0.05) is 36.4 Å². The van der Waals surface area contributed by atoms with Crippen LogP contribution in [0.5, 0.6) is 17.2 Å². The van der Waals surface area contributed by atoms with Crippen molar-refractivity contribution in [3.63, 3.8) is 0 Å². The van der Waals surface area contributed by atoms with Crippen molar-refractivity contribution in [2.24, 2.45) is 15.3 Å². The number of phenolic OH excluding ortho intramolecular Hbond substituents is 3. The van der Waals surface area contributed by atoms with E-state index in [2.05, 4.69) is 15.3 Å². The largest absolute Gasteiger partial charge is 0.507 e. The van der Waals surface area contributed by atoms with E-state index in [1.807, 2.05) is 0 Å². The van der Waals surface area contributed by atoms with Crippen molar-refractivity contribution in [2.75, 3.05) is 21.1 Å². The Hall–Kier alpha value is -3.88. The van der Waals surface area contributed by atoms with E-state index in [-0.39, 0.29) is 17.2 Å². The van der Waals surface area contributed by atoms with Crippen LogP contribution >= 0.6 is 6.49 Å². The molecular weight excluding hydrogens is 483 g/mol. The van der Waals surface area contributed by atoms with Crippen LogP contribution in [0.25, 0.3) is 0 Å². The fourth-order valence-electron chi connectivity index (χ4n) is 2.99. The summed E-state index contributed by atoms with van der Waals surface area (Å²) in [4.78, 5) is 0. The number of hydrogen-bond donors (Lipinski definition) is 3. The minimum atomic E-state index is -2.95. The third-order valence-corrected chi connectivity index (χ3v) is 9.73. The molecule has 182 valence electrons. The van der Waals surface area contributed by atoms with Crippen LogP contribution < -0.4 is 0 Å². The summed E-state index contributed by atoms with van der Waals surface area (Å²) in [5.74, 6) is 0.277. The van der Waals surface area contributed by atoms with E-state index >= 15 is 0 Å². The van der Waals surface area contributed by atoms with Crippen LogP contribution in [0.1, 0.15) is 16.7 Å². The van der Waals surface area contributed by atoms with Gasteiger partial charge in [0.2, 0.25) is 0 Å². The van der Waals surface area contributed by atoms with Crippen molar-refractivity contribution >= 4 is 36.9 Å². The quantitative estimate of drug-likeness (QED) is 0.225. The van der Waals surface area contributed by atoms with Gasteiger partial charge >= 0.3 is 0 Å². The minimum absolute atomic E-state index is 0.0924. The smallest absolute Gasteiger partial charge is 0.265 e. The second kappa shape index (κ2) is 11.5. The molecule has 0 spiro atoms. The van der Waals surface area contributed by atoms with E-state index in [1.165, 1.54) is 18.6 Å². The monoisotopic (exact) mass is 510 g/mol. The van der Waals surface area contributed by atoms with Gasteiger partial charge in [0.25, 0.3) is 6.49 Å². The van der Waals surface area contributed by atoms with E-state index in [1.54, 1.807) is 108 Å². The molecule has 0 aliphatic carbocycles. The molecule has 0 atom stereocenters. The highest BCUT2D eigenvalue weighted by Gasteiger charge is 2.32. The molecule has 11 heteroatoms. The lowest BCUT2D eigenvalue weighted by atomic mass is 10.2. The number of hydrogen-bond acceptors (Lipinski definition) is 7. The zero-order chi connectivity index (χ0) is 25.4. The molecule has 0 aliphatic rings. The van der Waals surface area contributed by atoms with E-state index in [0.29, 0.717) is 16.7 Å². The predicted octanol–water partition coefficient (Wildman–Crippen LogP) is 4.23. The molecular formula is C24H27N6O3PS. The van der Waals surface area contributed by atoms with Crippen molar-refractivity contribution < 1.29 is 15.3 Å². The lowest BCUT2D eigenvalue weighted by molar-refractivity contribution is 0.417. The Morgan fingerprint density at radius 1 is 0.571 bits per heavy atom. The summed E-state index contributed by atoms with van der Waals surface area (Å²) < 4.78 is 4.71. The van der Waals surface area contributed by atoms with Gasteiger partial charge in [-0.25, -0.2) is 14.3 Å². The van der Waals surface area contributed by atoms with Gasteiger partial charge in [0.15, 0.2) is 0 Å². The molecule has 0 saturated heterocycles. The first kappa shape index (κ1) is 25.7. The molecule has 0 fully saturated rings. The van der Waals surface area contributed by atoms with Crippen molar-refractivity contribution in [1.82, 2.24) is 14.3 Å². The molecule has 3 N–H and O–H groups in total. The first-order valence-corrected chi connectivity index (χ1v) is 13.2. The third-order valence-electron chi connectivity index (χ3n) is 5.03. The maximum atomic E-state index is 10.1. The van der Waals surface area contributed by atoms with Crippen molar-refractivity contribution in [3.8, 4) is 17.2 Å². The standard InChI is InChI=1S/C24H27N6O3PS/c1-28(25-16-19-10-4-7-13-22(19)31)34(35,29(2)26-17-20-11-5-8-14-23(20)32)30(3)27-18-21-12-6-9-15-24(21)33/h4-18,31-33H,1-3H3/b25-16+,26-17+,27-18+. The Morgan fingerprint density at radius 3 is 1.09 bits per heavy atom. The molecule has 0 amide bonds. The zero-order valence-corrected chi connectivity index (χ0v) is 21.3. The summed E-state index contributed by atoms with van der Waals surface area (Å²) >= 11 is 6.07. The van der Waals surface area contributed by atoms with E-state index in [4.69, 9.17) is 11.8 Å². The van der Waals surface area contributed by atoms with Gasteiger partial charge in [-0.05, 0) is 48.2 Å². The fraction of sp³-hybridized carbons (Fsp3) is 0.125. The molecule has 3 rings (SSSR count). The van der Waals surface area contributed by atoms with Crippen molar-refractivity contribution in [1.29, 1.82) is 0 Å². The molecule has 0 saturated carbocycles. The molecule has 0 bridgehead atoms. The summed E-state index contributed by atoms with van der Waals surface area (Å²) in [6.07, 6.45) is 4.53. The molecule has 3 aromatic carbocycles. The average molecular weight is 511 g/mol. The molecule has 0 aromatic heterocycles. The Morgan fingerprint density at radius 2 is 0.829 bits per heavy atom. The predicted molar refractivity (Wildman–Crippen MR) is 145 cm³/mol. The summed E-state index contributed by atoms with van der Waals surface area (Å²) in [6.45, 7) is -2.95. The molecule has 0 aliphatic heterocycles. The van der Waals surface area contributed by atoms with Crippen molar-refractivity contribution in [3.05, 3.63) is 89.5 Å². The van der Waals surface area contributed by atoms with Gasteiger partial charge in [-0.15, -0.1) is 0 Å². The zero-order valence-electron chi connectivity index (χ0n) is 19.5. The van der Waals surface area contributed by atoms with Gasteiger partial charge in [0, 0.05) is 37.8 Å². The number of hydrazone groups is 3. The summed E-state index contributed by atoms with van der Waals surface area (Å²) in [7, 11) is 5.11. The third kappa shape index (κ3) is 6.17. The highest BCUT2D eigenvalue weighted by molar-refractivity contribution is 8.11. The Bertz CT molecular complexity index is 1140. The second-order valence-corrected chi connectivity index (χ2v) is 11.6. The van der Waals surface area contributed by atoms with Crippen LogP contribution in [0.15, 0.2) is 88.1 Å². The Labute approximate surface area is 209 Å². The van der Waals surface area contributed by atoms with Gasteiger partial charge in [-0.2, -0.15) is 15.3 Å².